The van der Waals surface area contributed by atoms with Crippen molar-refractivity contribution in [3.8, 4) is 0 Å². The zero-order valence-electron chi connectivity index (χ0n) is 10.2. The number of rotatable bonds is 2. The van der Waals surface area contributed by atoms with Gasteiger partial charge in [0.1, 0.15) is 0 Å². The summed E-state index contributed by atoms with van der Waals surface area (Å²) < 4.78 is 0. The van der Waals surface area contributed by atoms with Crippen LogP contribution in [0.15, 0.2) is 24.3 Å². The predicted molar refractivity (Wildman–Crippen MR) is 68.7 cm³/mol. The fraction of sp³-hybridized carbons (Fsp3) is 0.600. The van der Waals surface area contributed by atoms with Crippen LogP contribution >= 0.6 is 0 Å². The van der Waals surface area contributed by atoms with Gasteiger partial charge in [-0.15, -0.1) is 0 Å². The van der Waals surface area contributed by atoms with Crippen LogP contribution < -0.4 is 5.73 Å². The fourth-order valence-electron chi connectivity index (χ4n) is 3.92. The van der Waals surface area contributed by atoms with Crippen LogP contribution in [0.4, 0.5) is 0 Å². The Labute approximate surface area is 103 Å². The Morgan fingerprint density at radius 3 is 2.12 bits per heavy atom. The van der Waals surface area contributed by atoms with Crippen LogP contribution in [0, 0.1) is 11.8 Å². The smallest absolute Gasteiger partial charge is 0.0722 e. The molecule has 0 radical (unpaired) electrons. The highest BCUT2D eigenvalue weighted by Gasteiger charge is 2.49. The molecule has 2 aliphatic rings. The SMILES string of the molecule is NCCC1(O)C2CCC1Cc1ccccc1C2. The Morgan fingerprint density at radius 2 is 1.65 bits per heavy atom. The third-order valence-electron chi connectivity index (χ3n) is 4.87. The molecular formula is C15H21NO. The van der Waals surface area contributed by atoms with E-state index in [1.54, 1.807) is 0 Å². The van der Waals surface area contributed by atoms with E-state index in [2.05, 4.69) is 24.3 Å². The molecule has 1 aromatic rings. The molecule has 0 aromatic heterocycles. The second-order valence-electron chi connectivity index (χ2n) is 5.68. The number of hydrogen-bond acceptors (Lipinski definition) is 2. The van der Waals surface area contributed by atoms with Gasteiger partial charge in [0.05, 0.1) is 5.60 Å². The van der Waals surface area contributed by atoms with Crippen LogP contribution in [-0.4, -0.2) is 17.3 Å². The second-order valence-corrected chi connectivity index (χ2v) is 5.68. The van der Waals surface area contributed by atoms with Crippen molar-refractivity contribution >= 4 is 0 Å². The third-order valence-corrected chi connectivity index (χ3v) is 4.87. The minimum Gasteiger partial charge on any atom is -0.389 e. The first-order valence-corrected chi connectivity index (χ1v) is 6.73. The van der Waals surface area contributed by atoms with Gasteiger partial charge in [0.2, 0.25) is 0 Å². The zero-order valence-corrected chi connectivity index (χ0v) is 10.2. The Morgan fingerprint density at radius 1 is 1.12 bits per heavy atom. The van der Waals surface area contributed by atoms with Crippen LogP contribution in [0.2, 0.25) is 0 Å². The molecule has 1 aromatic carbocycles. The fourth-order valence-corrected chi connectivity index (χ4v) is 3.92. The zero-order chi connectivity index (χ0) is 11.9. The molecule has 1 saturated carbocycles. The summed E-state index contributed by atoms with van der Waals surface area (Å²) in [4.78, 5) is 0. The molecule has 0 heterocycles. The van der Waals surface area contributed by atoms with Crippen LogP contribution in [-0.2, 0) is 12.8 Å². The van der Waals surface area contributed by atoms with E-state index in [9.17, 15) is 5.11 Å². The Hall–Kier alpha value is -0.860. The van der Waals surface area contributed by atoms with Crippen molar-refractivity contribution in [1.29, 1.82) is 0 Å². The van der Waals surface area contributed by atoms with E-state index in [0.29, 0.717) is 18.4 Å². The van der Waals surface area contributed by atoms with Crippen molar-refractivity contribution in [2.75, 3.05) is 6.54 Å². The van der Waals surface area contributed by atoms with Gasteiger partial charge in [-0.25, -0.2) is 0 Å². The number of hydrogen-bond donors (Lipinski definition) is 2. The normalized spacial score (nSPS) is 35.4. The van der Waals surface area contributed by atoms with Gasteiger partial charge in [0.15, 0.2) is 0 Å². The van der Waals surface area contributed by atoms with Gasteiger partial charge in [0, 0.05) is 0 Å². The van der Waals surface area contributed by atoms with Crippen molar-refractivity contribution in [3.05, 3.63) is 35.4 Å². The molecule has 0 saturated heterocycles. The maximum absolute atomic E-state index is 10.9. The molecule has 1 fully saturated rings. The van der Waals surface area contributed by atoms with Crippen molar-refractivity contribution in [3.63, 3.8) is 0 Å². The summed E-state index contributed by atoms with van der Waals surface area (Å²) in [6, 6.07) is 8.66. The third kappa shape index (κ3) is 1.71. The number of nitrogens with two attached hydrogens (primary N) is 1. The monoisotopic (exact) mass is 231 g/mol. The molecule has 3 N–H and O–H groups in total. The van der Waals surface area contributed by atoms with Gasteiger partial charge in [-0.1, -0.05) is 24.3 Å². The van der Waals surface area contributed by atoms with E-state index in [1.807, 2.05) is 0 Å². The molecule has 17 heavy (non-hydrogen) atoms. The van der Waals surface area contributed by atoms with Crippen molar-refractivity contribution in [1.82, 2.24) is 0 Å². The topological polar surface area (TPSA) is 46.2 Å². The van der Waals surface area contributed by atoms with E-state index >= 15 is 0 Å². The maximum atomic E-state index is 10.9. The van der Waals surface area contributed by atoms with Crippen molar-refractivity contribution in [2.45, 2.75) is 37.7 Å². The largest absolute Gasteiger partial charge is 0.389 e. The predicted octanol–water partition coefficient (Wildman–Crippen LogP) is 1.89. The molecule has 0 spiro atoms. The second kappa shape index (κ2) is 4.11. The standard InChI is InChI=1S/C15H21NO/c16-8-7-15(17)13-5-6-14(15)10-12-4-2-1-3-11(12)9-13/h1-4,13-14,17H,5-10,16H2. The average molecular weight is 231 g/mol. The summed E-state index contributed by atoms with van der Waals surface area (Å²) in [5.74, 6) is 0.833. The Bertz CT molecular complexity index is 382. The van der Waals surface area contributed by atoms with Gasteiger partial charge in [-0.3, -0.25) is 0 Å². The molecule has 92 valence electrons. The van der Waals surface area contributed by atoms with Gasteiger partial charge in [-0.2, -0.15) is 0 Å². The molecule has 2 unspecified atom stereocenters. The first-order valence-electron chi connectivity index (χ1n) is 6.73. The molecule has 2 nitrogen and oxygen atoms in total. The molecule has 3 rings (SSSR count). The van der Waals surface area contributed by atoms with Crippen molar-refractivity contribution < 1.29 is 5.11 Å². The minimum atomic E-state index is -0.506. The van der Waals surface area contributed by atoms with Gasteiger partial charge < -0.3 is 10.8 Å². The molecule has 0 amide bonds. The highest BCUT2D eigenvalue weighted by atomic mass is 16.3. The summed E-state index contributed by atoms with van der Waals surface area (Å²) in [6.07, 6.45) is 5.15. The summed E-state index contributed by atoms with van der Waals surface area (Å²) in [5, 5.41) is 10.9. The van der Waals surface area contributed by atoms with E-state index in [1.165, 1.54) is 11.1 Å². The number of fused-ring (bicyclic) bond motifs is 3. The molecule has 2 atom stereocenters. The maximum Gasteiger partial charge on any atom is 0.0722 e. The number of aliphatic hydroxyl groups is 1. The molecule has 2 bridgehead atoms. The average Bonchev–Trinajstić information content (AvgIpc) is 2.52. The van der Waals surface area contributed by atoms with E-state index in [4.69, 9.17) is 5.73 Å². The summed E-state index contributed by atoms with van der Waals surface area (Å²) in [7, 11) is 0. The lowest BCUT2D eigenvalue weighted by Gasteiger charge is -2.33. The Balaban J connectivity index is 1.97. The van der Waals surface area contributed by atoms with Gasteiger partial charge in [-0.05, 0) is 61.6 Å². The van der Waals surface area contributed by atoms with Crippen LogP contribution in [0.1, 0.15) is 30.4 Å². The van der Waals surface area contributed by atoms with Gasteiger partial charge in [0.25, 0.3) is 0 Å². The summed E-state index contributed by atoms with van der Waals surface area (Å²) in [6.45, 7) is 0.597. The molecule has 0 aliphatic heterocycles. The summed E-state index contributed by atoms with van der Waals surface area (Å²) >= 11 is 0. The van der Waals surface area contributed by atoms with Crippen LogP contribution in [0.25, 0.3) is 0 Å². The van der Waals surface area contributed by atoms with Crippen LogP contribution in [0.5, 0.6) is 0 Å². The first-order chi connectivity index (χ1) is 8.24. The first kappa shape index (κ1) is 11.2. The molecule has 2 heteroatoms. The Kier molecular flexibility index (Phi) is 2.72. The highest BCUT2D eigenvalue weighted by molar-refractivity contribution is 5.31. The quantitative estimate of drug-likeness (QED) is 0.816. The lowest BCUT2D eigenvalue weighted by molar-refractivity contribution is -0.0385. The molecular weight excluding hydrogens is 210 g/mol. The van der Waals surface area contributed by atoms with Gasteiger partial charge >= 0.3 is 0 Å². The van der Waals surface area contributed by atoms with E-state index in [0.717, 1.165) is 32.1 Å². The lowest BCUT2D eigenvalue weighted by Crippen LogP contribution is -2.42. The lowest BCUT2D eigenvalue weighted by atomic mass is 9.80. The highest BCUT2D eigenvalue weighted by Crippen LogP contribution is 2.48. The summed E-state index contributed by atoms with van der Waals surface area (Å²) in [5.41, 5.74) is 8.07. The molecule has 2 aliphatic carbocycles. The minimum absolute atomic E-state index is 0.416. The van der Waals surface area contributed by atoms with E-state index in [-0.39, 0.29) is 0 Å². The number of benzene rings is 1. The van der Waals surface area contributed by atoms with E-state index < -0.39 is 5.60 Å². The van der Waals surface area contributed by atoms with Crippen molar-refractivity contribution in [2.24, 2.45) is 17.6 Å². The van der Waals surface area contributed by atoms with Crippen LogP contribution in [0.3, 0.4) is 0 Å².